The molecule has 4 aromatic carbocycles. The molecule has 0 spiro atoms. The van der Waals surface area contributed by atoms with E-state index in [4.69, 9.17) is 0 Å². The standard InChI is InChI=1S/C52H62N8O6/c1-35(53-3)47(61)55-41(51(65)59-33-19-31-43(59)49(63)57-45(37-21-9-5-10-22-37)38-23-11-6-12-24-38)29-17-18-30-42(56-48(62)36(2)54-4)52(66)60-34-20-32-44(60)50(64)58-46(39-25-13-7-14-26-39)40-27-15-8-16-28-40/h5-16,21-28,35-36,41-46,53-54H,19-20,29-34H2,1-4H3,(H,55,61)(H,56,62)(H,57,63)(H,58,64)/t35-,36-,41-,42-,43-,44-/m0/s1. The van der Waals surface area contributed by atoms with Gasteiger partial charge in [-0.2, -0.15) is 0 Å². The molecule has 14 nitrogen and oxygen atoms in total. The SMILES string of the molecule is CN[C@@H](C)C(=O)N[C@@H](CC#CC[C@H](NC(=O)[C@H](C)NC)C(=O)N1CCC[C@H]1C(=O)NC(c1ccccc1)c1ccccc1)C(=O)N1CCC[C@H]1C(=O)NC(c1ccccc1)c1ccccc1. The van der Waals surface area contributed by atoms with Crippen molar-refractivity contribution in [2.24, 2.45) is 0 Å². The van der Waals surface area contributed by atoms with Gasteiger partial charge in [0.15, 0.2) is 0 Å². The van der Waals surface area contributed by atoms with Crippen LogP contribution in [-0.4, -0.2) is 109 Å². The second-order valence-corrected chi connectivity index (χ2v) is 16.8. The molecule has 2 aliphatic rings. The predicted molar refractivity (Wildman–Crippen MR) is 253 cm³/mol. The van der Waals surface area contributed by atoms with Gasteiger partial charge in [-0.25, -0.2) is 0 Å². The lowest BCUT2D eigenvalue weighted by atomic mass is 9.98. The highest BCUT2D eigenvalue weighted by Crippen LogP contribution is 2.27. The van der Waals surface area contributed by atoms with Crippen molar-refractivity contribution in [1.82, 2.24) is 41.7 Å². The number of hydrogen-bond acceptors (Lipinski definition) is 8. The van der Waals surface area contributed by atoms with E-state index in [-0.39, 0.29) is 24.7 Å². The van der Waals surface area contributed by atoms with Crippen LogP contribution in [0.2, 0.25) is 0 Å². The molecule has 0 radical (unpaired) electrons. The second-order valence-electron chi connectivity index (χ2n) is 16.8. The number of carbonyl (C=O) groups excluding carboxylic acids is 6. The molecule has 14 heteroatoms. The van der Waals surface area contributed by atoms with Crippen molar-refractivity contribution >= 4 is 35.4 Å². The fourth-order valence-electron chi connectivity index (χ4n) is 8.39. The van der Waals surface area contributed by atoms with Crippen LogP contribution in [0.4, 0.5) is 0 Å². The quantitative estimate of drug-likeness (QED) is 0.0818. The summed E-state index contributed by atoms with van der Waals surface area (Å²) in [7, 11) is 3.27. The topological polar surface area (TPSA) is 181 Å². The number of likely N-dealkylation sites (N-methyl/N-ethyl adjacent to an activating group) is 2. The van der Waals surface area contributed by atoms with Crippen LogP contribution in [0, 0.1) is 11.8 Å². The first-order valence-electron chi connectivity index (χ1n) is 22.8. The number of rotatable bonds is 18. The number of nitrogens with zero attached hydrogens (tertiary/aromatic N) is 2. The Kier molecular flexibility index (Phi) is 17.6. The van der Waals surface area contributed by atoms with E-state index in [1.165, 1.54) is 9.80 Å². The van der Waals surface area contributed by atoms with Crippen molar-refractivity contribution in [3.8, 4) is 11.8 Å². The molecule has 2 aliphatic heterocycles. The van der Waals surface area contributed by atoms with Crippen molar-refractivity contribution in [2.75, 3.05) is 27.2 Å². The van der Waals surface area contributed by atoms with E-state index in [9.17, 15) is 28.8 Å². The van der Waals surface area contributed by atoms with Gasteiger partial charge in [-0.1, -0.05) is 121 Å². The first kappa shape index (κ1) is 48.6. The van der Waals surface area contributed by atoms with Crippen LogP contribution in [0.5, 0.6) is 0 Å². The van der Waals surface area contributed by atoms with E-state index >= 15 is 0 Å². The molecule has 0 unspecified atom stereocenters. The van der Waals surface area contributed by atoms with Gasteiger partial charge in [0.1, 0.15) is 24.2 Å². The Bertz CT molecular complexity index is 2080. The van der Waals surface area contributed by atoms with Crippen molar-refractivity contribution < 1.29 is 28.8 Å². The zero-order valence-electron chi connectivity index (χ0n) is 38.2. The van der Waals surface area contributed by atoms with Crippen LogP contribution in [0.3, 0.4) is 0 Å². The predicted octanol–water partition coefficient (Wildman–Crippen LogP) is 3.75. The van der Waals surface area contributed by atoms with Gasteiger partial charge >= 0.3 is 0 Å². The van der Waals surface area contributed by atoms with E-state index < -0.39 is 72.0 Å². The summed E-state index contributed by atoms with van der Waals surface area (Å²) in [6.45, 7) is 3.96. The zero-order valence-corrected chi connectivity index (χ0v) is 38.2. The summed E-state index contributed by atoms with van der Waals surface area (Å²) in [6.07, 6.45) is 1.81. The van der Waals surface area contributed by atoms with Crippen molar-refractivity contribution in [1.29, 1.82) is 0 Å². The molecule has 6 rings (SSSR count). The van der Waals surface area contributed by atoms with Gasteiger partial charge in [0.25, 0.3) is 0 Å². The van der Waals surface area contributed by atoms with Gasteiger partial charge in [-0.15, -0.1) is 11.8 Å². The summed E-state index contributed by atoms with van der Waals surface area (Å²) in [4.78, 5) is 86.7. The Morgan fingerprint density at radius 1 is 0.500 bits per heavy atom. The van der Waals surface area contributed by atoms with Crippen LogP contribution in [0.15, 0.2) is 121 Å². The highest BCUT2D eigenvalue weighted by molar-refractivity contribution is 5.95. The summed E-state index contributed by atoms with van der Waals surface area (Å²) in [5.74, 6) is 3.65. The molecule has 2 fully saturated rings. The van der Waals surface area contributed by atoms with Gasteiger partial charge in [0.05, 0.1) is 24.2 Å². The minimum atomic E-state index is -1.12. The molecule has 2 saturated heterocycles. The fraction of sp³-hybridized carbons (Fsp3) is 0.385. The largest absolute Gasteiger partial charge is 0.343 e. The summed E-state index contributed by atoms with van der Waals surface area (Å²) in [5, 5.41) is 17.8. The lowest BCUT2D eigenvalue weighted by molar-refractivity contribution is -0.141. The number of hydrogen-bond donors (Lipinski definition) is 6. The van der Waals surface area contributed by atoms with E-state index in [0.717, 1.165) is 22.3 Å². The molecule has 6 amide bonds. The first-order chi connectivity index (χ1) is 32.0. The van der Waals surface area contributed by atoms with Gasteiger partial charge in [-0.05, 0) is 75.9 Å². The Balaban J connectivity index is 1.19. The Morgan fingerprint density at radius 3 is 1.09 bits per heavy atom. The highest BCUT2D eigenvalue weighted by Gasteiger charge is 2.40. The highest BCUT2D eigenvalue weighted by atomic mass is 16.2. The van der Waals surface area contributed by atoms with Gasteiger partial charge < -0.3 is 41.7 Å². The third-order valence-corrected chi connectivity index (χ3v) is 12.4. The number of amides is 6. The zero-order chi connectivity index (χ0) is 47.0. The van der Waals surface area contributed by atoms with E-state index in [1.807, 2.05) is 121 Å². The van der Waals surface area contributed by atoms with Gasteiger partial charge in [0, 0.05) is 25.9 Å². The van der Waals surface area contributed by atoms with E-state index in [1.54, 1.807) is 27.9 Å². The molecule has 66 heavy (non-hydrogen) atoms. The van der Waals surface area contributed by atoms with E-state index in [0.29, 0.717) is 38.8 Å². The average molecular weight is 895 g/mol. The van der Waals surface area contributed by atoms with Gasteiger partial charge in [0.2, 0.25) is 35.4 Å². The summed E-state index contributed by atoms with van der Waals surface area (Å²) < 4.78 is 0. The maximum atomic E-state index is 14.4. The summed E-state index contributed by atoms with van der Waals surface area (Å²) in [5.41, 5.74) is 3.58. The summed E-state index contributed by atoms with van der Waals surface area (Å²) >= 11 is 0. The molecular weight excluding hydrogens is 833 g/mol. The second kappa shape index (κ2) is 23.9. The number of nitrogens with one attached hydrogen (secondary N) is 6. The smallest absolute Gasteiger partial charge is 0.246 e. The van der Waals surface area contributed by atoms with Crippen LogP contribution >= 0.6 is 0 Å². The lowest BCUT2D eigenvalue weighted by Crippen LogP contribution is -2.55. The molecule has 2 heterocycles. The van der Waals surface area contributed by atoms with Crippen LogP contribution in [-0.2, 0) is 28.8 Å². The average Bonchev–Trinajstić information content (AvgIpc) is 4.07. The van der Waals surface area contributed by atoms with Crippen LogP contribution in [0.1, 0.15) is 86.7 Å². The first-order valence-corrected chi connectivity index (χ1v) is 22.8. The summed E-state index contributed by atoms with van der Waals surface area (Å²) in [6, 6.07) is 32.6. The molecule has 4 aromatic rings. The number of carbonyl (C=O) groups is 6. The maximum Gasteiger partial charge on any atom is 0.246 e. The minimum absolute atomic E-state index is 0.126. The number of benzene rings is 4. The van der Waals surface area contributed by atoms with Gasteiger partial charge in [-0.3, -0.25) is 28.8 Å². The van der Waals surface area contributed by atoms with Crippen molar-refractivity contribution in [3.05, 3.63) is 144 Å². The Hall–Kier alpha value is -6.82. The third-order valence-electron chi connectivity index (χ3n) is 12.4. The maximum absolute atomic E-state index is 14.4. The molecule has 6 N–H and O–H groups in total. The molecule has 0 saturated carbocycles. The monoisotopic (exact) mass is 894 g/mol. The molecule has 0 bridgehead atoms. The molecular formula is C52H62N8O6. The van der Waals surface area contributed by atoms with Crippen LogP contribution < -0.4 is 31.9 Å². The molecule has 346 valence electrons. The van der Waals surface area contributed by atoms with E-state index in [2.05, 4.69) is 43.7 Å². The Labute approximate surface area is 388 Å². The third kappa shape index (κ3) is 12.5. The van der Waals surface area contributed by atoms with Crippen LogP contribution in [0.25, 0.3) is 0 Å². The molecule has 0 aromatic heterocycles. The van der Waals surface area contributed by atoms with Crippen molar-refractivity contribution in [2.45, 2.75) is 101 Å². The fourth-order valence-corrected chi connectivity index (χ4v) is 8.39. The normalized spacial score (nSPS) is 17.5. The minimum Gasteiger partial charge on any atom is -0.343 e. The molecule has 6 atom stereocenters. The van der Waals surface area contributed by atoms with Crippen molar-refractivity contribution in [3.63, 3.8) is 0 Å². The number of likely N-dealkylation sites (tertiary alicyclic amines) is 2. The lowest BCUT2D eigenvalue weighted by Gasteiger charge is -2.30. The molecule has 0 aliphatic carbocycles. The Morgan fingerprint density at radius 2 is 0.803 bits per heavy atom.